The maximum Gasteiger partial charge on any atom is 0.306 e. The number of rotatable bonds is 60. The summed E-state index contributed by atoms with van der Waals surface area (Å²) in [6, 6.07) is 0. The van der Waals surface area contributed by atoms with Crippen LogP contribution >= 0.6 is 0 Å². The number of carbonyl (C=O) groups excluding carboxylic acids is 3. The fourth-order valence-corrected chi connectivity index (χ4v) is 9.42. The molecule has 0 amide bonds. The Morgan fingerprint density at radius 1 is 0.263 bits per heavy atom. The minimum Gasteiger partial charge on any atom is -0.462 e. The fourth-order valence-electron chi connectivity index (χ4n) is 9.42. The molecule has 0 aromatic heterocycles. The van der Waals surface area contributed by atoms with Gasteiger partial charge in [-0.15, -0.1) is 0 Å². The van der Waals surface area contributed by atoms with Crippen LogP contribution in [0.25, 0.3) is 0 Å². The number of hydrogen-bond donors (Lipinski definition) is 0. The van der Waals surface area contributed by atoms with Crippen LogP contribution in [0.2, 0.25) is 0 Å². The minimum atomic E-state index is -0.787. The van der Waals surface area contributed by atoms with E-state index in [0.29, 0.717) is 19.3 Å². The Kier molecular flexibility index (Phi) is 61.7. The highest BCUT2D eigenvalue weighted by atomic mass is 16.6. The van der Waals surface area contributed by atoms with E-state index in [1.165, 1.54) is 193 Å². The Balaban J connectivity index is 4.30. The van der Waals surface area contributed by atoms with Crippen LogP contribution in [0.1, 0.15) is 335 Å². The molecule has 6 heteroatoms. The zero-order chi connectivity index (χ0) is 55.0. The first-order valence-corrected chi connectivity index (χ1v) is 32.9. The van der Waals surface area contributed by atoms with Gasteiger partial charge < -0.3 is 14.2 Å². The van der Waals surface area contributed by atoms with Gasteiger partial charge in [-0.05, 0) is 116 Å². The standard InChI is InChI=1S/C70H124O6/c1-4-7-10-13-16-19-22-25-28-30-31-32-33-34-35-36-37-38-39-40-43-45-48-51-54-57-60-63-69(72)75-66-67(65-74-68(71)62-59-56-53-50-47-44-41-27-24-21-18-15-12-9-6-3)76-70(73)64-61-58-55-52-49-46-42-29-26-23-20-17-14-11-8-5-2/h18,21-22,25,27,29-31,33-34,41-42,67H,4-17,19-20,23-24,26,28,32,35-40,43-66H2,1-3H3/b21-18-,25-22-,31-30-,34-33-,41-27-,42-29-. The van der Waals surface area contributed by atoms with Crippen molar-refractivity contribution in [1.29, 1.82) is 0 Å². The van der Waals surface area contributed by atoms with Gasteiger partial charge in [0.2, 0.25) is 0 Å². The van der Waals surface area contributed by atoms with Gasteiger partial charge >= 0.3 is 17.9 Å². The molecule has 1 unspecified atom stereocenters. The SMILES string of the molecule is CCCCC/C=C\C/C=C\CCCCCCCC(=O)OCC(COC(=O)CCCCCCCCCCCCCC/C=C\C/C=C\C/C=C\CCCCCCC)OC(=O)CCCCCCC/C=C\CCCCCCCCC. The third-order valence-electron chi connectivity index (χ3n) is 14.4. The average Bonchev–Trinajstić information content (AvgIpc) is 3.42. The quantitative estimate of drug-likeness (QED) is 0.0261. The third kappa shape index (κ3) is 61.7. The van der Waals surface area contributed by atoms with E-state index in [0.717, 1.165) is 103 Å². The normalized spacial score (nSPS) is 12.5. The van der Waals surface area contributed by atoms with Crippen molar-refractivity contribution in [2.24, 2.45) is 0 Å². The number of ether oxygens (including phenoxy) is 3. The van der Waals surface area contributed by atoms with E-state index in [4.69, 9.17) is 14.2 Å². The summed E-state index contributed by atoms with van der Waals surface area (Å²) in [5.41, 5.74) is 0. The number of esters is 3. The largest absolute Gasteiger partial charge is 0.462 e. The van der Waals surface area contributed by atoms with Crippen LogP contribution in [-0.4, -0.2) is 37.2 Å². The molecule has 76 heavy (non-hydrogen) atoms. The van der Waals surface area contributed by atoms with Gasteiger partial charge in [-0.1, -0.05) is 273 Å². The first kappa shape index (κ1) is 72.8. The van der Waals surface area contributed by atoms with Gasteiger partial charge in [0.25, 0.3) is 0 Å². The monoisotopic (exact) mass is 1060 g/mol. The van der Waals surface area contributed by atoms with Crippen molar-refractivity contribution in [3.8, 4) is 0 Å². The molecule has 0 bridgehead atoms. The van der Waals surface area contributed by atoms with Crippen molar-refractivity contribution in [2.75, 3.05) is 13.2 Å². The van der Waals surface area contributed by atoms with Gasteiger partial charge in [-0.25, -0.2) is 0 Å². The van der Waals surface area contributed by atoms with Crippen molar-refractivity contribution in [1.82, 2.24) is 0 Å². The van der Waals surface area contributed by atoms with Crippen molar-refractivity contribution < 1.29 is 28.6 Å². The molecule has 0 heterocycles. The lowest BCUT2D eigenvalue weighted by Crippen LogP contribution is -2.30. The zero-order valence-corrected chi connectivity index (χ0v) is 50.5. The molecule has 0 aliphatic carbocycles. The van der Waals surface area contributed by atoms with E-state index >= 15 is 0 Å². The molecule has 0 aromatic rings. The summed E-state index contributed by atoms with van der Waals surface area (Å²) < 4.78 is 16.9. The molecule has 440 valence electrons. The van der Waals surface area contributed by atoms with Crippen molar-refractivity contribution in [2.45, 2.75) is 341 Å². The number of allylic oxidation sites excluding steroid dienone is 12. The molecule has 0 N–H and O–H groups in total. The van der Waals surface area contributed by atoms with Crippen LogP contribution < -0.4 is 0 Å². The molecule has 0 fully saturated rings. The number of hydrogen-bond acceptors (Lipinski definition) is 6. The Bertz CT molecular complexity index is 1400. The summed E-state index contributed by atoms with van der Waals surface area (Å²) in [6.07, 6.45) is 83.4. The van der Waals surface area contributed by atoms with Gasteiger partial charge in [0.1, 0.15) is 13.2 Å². The van der Waals surface area contributed by atoms with E-state index < -0.39 is 6.10 Å². The summed E-state index contributed by atoms with van der Waals surface area (Å²) >= 11 is 0. The molecule has 0 aromatic carbocycles. The van der Waals surface area contributed by atoms with Gasteiger partial charge in [0.15, 0.2) is 6.10 Å². The molecule has 1 atom stereocenters. The molecule has 0 saturated heterocycles. The Morgan fingerprint density at radius 3 is 0.776 bits per heavy atom. The van der Waals surface area contributed by atoms with Crippen LogP contribution in [0.15, 0.2) is 72.9 Å². The lowest BCUT2D eigenvalue weighted by atomic mass is 10.0. The van der Waals surface area contributed by atoms with Gasteiger partial charge in [-0.2, -0.15) is 0 Å². The second kappa shape index (κ2) is 64.4. The maximum absolute atomic E-state index is 12.9. The number of unbranched alkanes of at least 4 members (excludes halogenated alkanes) is 37. The molecular weight excluding hydrogens is 937 g/mol. The molecule has 6 nitrogen and oxygen atoms in total. The summed E-state index contributed by atoms with van der Waals surface area (Å²) in [6.45, 7) is 6.62. The molecule has 0 aliphatic rings. The number of carbonyl (C=O) groups is 3. The predicted molar refractivity (Wildman–Crippen MR) is 330 cm³/mol. The Hall–Kier alpha value is -3.15. The highest BCUT2D eigenvalue weighted by molar-refractivity contribution is 5.71. The van der Waals surface area contributed by atoms with E-state index in [-0.39, 0.29) is 31.1 Å². The van der Waals surface area contributed by atoms with E-state index in [2.05, 4.69) is 93.7 Å². The maximum atomic E-state index is 12.9. The smallest absolute Gasteiger partial charge is 0.306 e. The van der Waals surface area contributed by atoms with Crippen molar-refractivity contribution in [3.63, 3.8) is 0 Å². The Morgan fingerprint density at radius 2 is 0.474 bits per heavy atom. The third-order valence-corrected chi connectivity index (χ3v) is 14.4. The lowest BCUT2D eigenvalue weighted by Gasteiger charge is -2.18. The molecule has 0 radical (unpaired) electrons. The molecule has 0 saturated carbocycles. The van der Waals surface area contributed by atoms with Crippen LogP contribution in [0.4, 0.5) is 0 Å². The average molecular weight is 1060 g/mol. The molecule has 0 spiro atoms. The topological polar surface area (TPSA) is 78.9 Å². The van der Waals surface area contributed by atoms with Gasteiger partial charge in [0, 0.05) is 19.3 Å². The Labute approximate surface area is 472 Å². The summed E-state index contributed by atoms with van der Waals surface area (Å²) in [5.74, 6) is -0.892. The van der Waals surface area contributed by atoms with Gasteiger partial charge in [-0.3, -0.25) is 14.4 Å². The molecule has 0 aliphatic heterocycles. The van der Waals surface area contributed by atoms with Crippen LogP contribution in [0, 0.1) is 0 Å². The van der Waals surface area contributed by atoms with Crippen LogP contribution in [-0.2, 0) is 28.6 Å². The first-order chi connectivity index (χ1) is 37.5. The second-order valence-corrected chi connectivity index (χ2v) is 22.0. The van der Waals surface area contributed by atoms with Crippen molar-refractivity contribution >= 4 is 17.9 Å². The van der Waals surface area contributed by atoms with Crippen molar-refractivity contribution in [3.05, 3.63) is 72.9 Å². The second-order valence-electron chi connectivity index (χ2n) is 22.0. The van der Waals surface area contributed by atoms with E-state index in [9.17, 15) is 14.4 Å². The highest BCUT2D eigenvalue weighted by Crippen LogP contribution is 2.16. The fraction of sp³-hybridized carbons (Fsp3) is 0.786. The first-order valence-electron chi connectivity index (χ1n) is 32.9. The van der Waals surface area contributed by atoms with Crippen LogP contribution in [0.3, 0.4) is 0 Å². The lowest BCUT2D eigenvalue weighted by molar-refractivity contribution is -0.167. The van der Waals surface area contributed by atoms with Gasteiger partial charge in [0.05, 0.1) is 0 Å². The highest BCUT2D eigenvalue weighted by Gasteiger charge is 2.19. The minimum absolute atomic E-state index is 0.0826. The zero-order valence-electron chi connectivity index (χ0n) is 50.5. The van der Waals surface area contributed by atoms with E-state index in [1.807, 2.05) is 0 Å². The molecular formula is C70H124O6. The van der Waals surface area contributed by atoms with Crippen LogP contribution in [0.5, 0.6) is 0 Å². The molecule has 0 rings (SSSR count). The summed E-state index contributed by atoms with van der Waals surface area (Å²) in [4.78, 5) is 38.3. The summed E-state index contributed by atoms with van der Waals surface area (Å²) in [5, 5.41) is 0. The summed E-state index contributed by atoms with van der Waals surface area (Å²) in [7, 11) is 0. The predicted octanol–water partition coefficient (Wildman–Crippen LogP) is 22.5. The van der Waals surface area contributed by atoms with E-state index in [1.54, 1.807) is 0 Å².